The van der Waals surface area contributed by atoms with Crippen molar-refractivity contribution >= 4 is 23.2 Å². The van der Waals surface area contributed by atoms with E-state index in [4.69, 9.17) is 11.6 Å². The van der Waals surface area contributed by atoms with Gasteiger partial charge in [0.1, 0.15) is 11.4 Å². The van der Waals surface area contributed by atoms with E-state index in [1.54, 1.807) is 23.0 Å². The molecule has 1 aliphatic rings. The Balaban J connectivity index is 1.32. The molecule has 34 heavy (non-hydrogen) atoms. The van der Waals surface area contributed by atoms with Crippen LogP contribution in [0.3, 0.4) is 0 Å². The van der Waals surface area contributed by atoms with E-state index < -0.39 is 0 Å². The second-order valence-corrected chi connectivity index (χ2v) is 8.82. The molecule has 1 saturated heterocycles. The molecule has 0 bridgehead atoms. The summed E-state index contributed by atoms with van der Waals surface area (Å²) < 4.78 is 16.9. The van der Waals surface area contributed by atoms with Crippen molar-refractivity contribution in [3.8, 4) is 11.3 Å². The second-order valence-electron chi connectivity index (χ2n) is 8.41. The van der Waals surface area contributed by atoms with Gasteiger partial charge < -0.3 is 4.90 Å². The summed E-state index contributed by atoms with van der Waals surface area (Å²) in [5.41, 5.74) is 4.61. The van der Waals surface area contributed by atoms with Crippen molar-refractivity contribution in [1.82, 2.24) is 34.2 Å². The lowest BCUT2D eigenvalue weighted by Gasteiger charge is -2.34. The molecule has 0 aliphatic carbocycles. The Morgan fingerprint density at radius 1 is 1.18 bits per heavy atom. The Morgan fingerprint density at radius 3 is 2.68 bits per heavy atom. The number of benzene rings is 1. The Kier molecular flexibility index (Phi) is 6.05. The minimum Gasteiger partial charge on any atom is -0.336 e. The molecule has 0 N–H and O–H groups in total. The molecule has 4 aromatic rings. The molecule has 0 saturated carbocycles. The summed E-state index contributed by atoms with van der Waals surface area (Å²) in [5.74, 6) is -0.427. The van der Waals surface area contributed by atoms with Gasteiger partial charge in [0, 0.05) is 62.2 Å². The van der Waals surface area contributed by atoms with Gasteiger partial charge in [-0.15, -0.1) is 0 Å². The van der Waals surface area contributed by atoms with E-state index in [0.29, 0.717) is 49.0 Å². The van der Waals surface area contributed by atoms with Gasteiger partial charge in [-0.25, -0.2) is 13.9 Å². The van der Waals surface area contributed by atoms with Gasteiger partial charge in [-0.2, -0.15) is 10.2 Å². The zero-order valence-electron chi connectivity index (χ0n) is 19.1. The van der Waals surface area contributed by atoms with Crippen LogP contribution in [0.2, 0.25) is 5.02 Å². The zero-order chi connectivity index (χ0) is 23.8. The quantitative estimate of drug-likeness (QED) is 0.435. The smallest absolute Gasteiger partial charge is 0.259 e. The van der Waals surface area contributed by atoms with Crippen LogP contribution in [0.15, 0.2) is 42.9 Å². The van der Waals surface area contributed by atoms with Crippen LogP contribution in [0.1, 0.15) is 28.5 Å². The van der Waals surface area contributed by atoms with E-state index in [0.717, 1.165) is 29.1 Å². The Labute approximate surface area is 201 Å². The molecule has 0 unspecified atom stereocenters. The van der Waals surface area contributed by atoms with Gasteiger partial charge in [-0.1, -0.05) is 17.7 Å². The van der Waals surface area contributed by atoms with E-state index in [-0.39, 0.29) is 11.7 Å². The number of rotatable bonds is 5. The van der Waals surface area contributed by atoms with Gasteiger partial charge in [0.15, 0.2) is 5.65 Å². The fourth-order valence-electron chi connectivity index (χ4n) is 4.35. The fourth-order valence-corrected chi connectivity index (χ4v) is 4.57. The third kappa shape index (κ3) is 4.17. The predicted octanol–water partition coefficient (Wildman–Crippen LogP) is 3.67. The standard InChI is InChI=1S/C24H25ClFN7O/c1-3-32-15-20(16(2)29-32)22-6-7-27-23-19(13-28-33(22)23)24(34)31-10-8-30(9-11-31)14-17-4-5-18(26)12-21(17)25/h4-7,12-13,15H,3,8-11,14H2,1-2H3. The van der Waals surface area contributed by atoms with Crippen LogP contribution in [-0.4, -0.2) is 66.3 Å². The minimum atomic E-state index is -0.344. The molecule has 10 heteroatoms. The zero-order valence-corrected chi connectivity index (χ0v) is 19.8. The number of nitrogens with zero attached hydrogens (tertiary/aromatic N) is 7. The number of halogens is 2. The Bertz CT molecular complexity index is 1360. The van der Waals surface area contributed by atoms with E-state index in [1.165, 1.54) is 12.1 Å². The van der Waals surface area contributed by atoms with Crippen molar-refractivity contribution in [3.05, 3.63) is 70.5 Å². The minimum absolute atomic E-state index is 0.0833. The highest BCUT2D eigenvalue weighted by Gasteiger charge is 2.26. The number of carbonyl (C=O) groups is 1. The second kappa shape index (κ2) is 9.15. The first-order valence-electron chi connectivity index (χ1n) is 11.3. The number of piperazine rings is 1. The van der Waals surface area contributed by atoms with Gasteiger partial charge in [0.2, 0.25) is 0 Å². The monoisotopic (exact) mass is 481 g/mol. The molecule has 1 aliphatic heterocycles. The summed E-state index contributed by atoms with van der Waals surface area (Å²) in [6.07, 6.45) is 5.29. The van der Waals surface area contributed by atoms with Crippen LogP contribution in [0.5, 0.6) is 0 Å². The van der Waals surface area contributed by atoms with Crippen LogP contribution >= 0.6 is 11.6 Å². The van der Waals surface area contributed by atoms with Gasteiger partial charge >= 0.3 is 0 Å². The molecule has 176 valence electrons. The van der Waals surface area contributed by atoms with Crippen molar-refractivity contribution in [2.75, 3.05) is 26.2 Å². The third-order valence-electron chi connectivity index (χ3n) is 6.25. The first-order chi connectivity index (χ1) is 16.4. The van der Waals surface area contributed by atoms with Crippen LogP contribution in [0, 0.1) is 12.7 Å². The summed E-state index contributed by atoms with van der Waals surface area (Å²) >= 11 is 6.17. The summed E-state index contributed by atoms with van der Waals surface area (Å²) in [5, 5.41) is 9.43. The topological polar surface area (TPSA) is 71.6 Å². The molecule has 3 aromatic heterocycles. The summed E-state index contributed by atoms with van der Waals surface area (Å²) in [4.78, 5) is 21.8. The lowest BCUT2D eigenvalue weighted by Crippen LogP contribution is -2.48. The number of hydrogen-bond donors (Lipinski definition) is 0. The molecule has 4 heterocycles. The molecule has 1 amide bonds. The molecule has 0 spiro atoms. The molecular formula is C24H25ClFN7O. The third-order valence-corrected chi connectivity index (χ3v) is 6.60. The molecule has 5 rings (SSSR count). The lowest BCUT2D eigenvalue weighted by molar-refractivity contribution is 0.0630. The highest BCUT2D eigenvalue weighted by atomic mass is 35.5. The van der Waals surface area contributed by atoms with E-state index in [9.17, 15) is 9.18 Å². The van der Waals surface area contributed by atoms with E-state index >= 15 is 0 Å². The number of carbonyl (C=O) groups excluding carboxylic acids is 1. The van der Waals surface area contributed by atoms with Crippen molar-refractivity contribution < 1.29 is 9.18 Å². The number of aryl methyl sites for hydroxylation is 2. The maximum absolute atomic E-state index is 13.3. The normalized spacial score (nSPS) is 14.8. The van der Waals surface area contributed by atoms with Crippen molar-refractivity contribution in [3.63, 3.8) is 0 Å². The number of amides is 1. The summed E-state index contributed by atoms with van der Waals surface area (Å²) in [6.45, 7) is 7.96. The number of fused-ring (bicyclic) bond motifs is 1. The maximum atomic E-state index is 13.3. The maximum Gasteiger partial charge on any atom is 0.259 e. The lowest BCUT2D eigenvalue weighted by atomic mass is 10.1. The van der Waals surface area contributed by atoms with Gasteiger partial charge in [-0.05, 0) is 37.6 Å². The number of aromatic nitrogens is 5. The van der Waals surface area contributed by atoms with Crippen molar-refractivity contribution in [2.45, 2.75) is 26.9 Å². The van der Waals surface area contributed by atoms with E-state index in [1.807, 2.05) is 35.7 Å². The molecule has 8 nitrogen and oxygen atoms in total. The van der Waals surface area contributed by atoms with Gasteiger partial charge in [0.05, 0.1) is 17.6 Å². The largest absolute Gasteiger partial charge is 0.336 e. The van der Waals surface area contributed by atoms with Gasteiger partial charge in [-0.3, -0.25) is 14.4 Å². The number of hydrogen-bond acceptors (Lipinski definition) is 5. The van der Waals surface area contributed by atoms with E-state index in [2.05, 4.69) is 20.1 Å². The summed E-state index contributed by atoms with van der Waals surface area (Å²) in [6, 6.07) is 6.35. The Hall–Kier alpha value is -3.30. The van der Waals surface area contributed by atoms with Crippen LogP contribution < -0.4 is 0 Å². The highest BCUT2D eigenvalue weighted by Crippen LogP contribution is 2.25. The SMILES string of the molecule is CCn1cc(-c2ccnc3c(C(=O)N4CCN(Cc5ccc(F)cc5Cl)CC4)cnn23)c(C)n1. The van der Waals surface area contributed by atoms with Crippen molar-refractivity contribution in [2.24, 2.45) is 0 Å². The molecule has 0 atom stereocenters. The van der Waals surface area contributed by atoms with Crippen LogP contribution in [-0.2, 0) is 13.1 Å². The average Bonchev–Trinajstić information content (AvgIpc) is 3.44. The molecule has 0 radical (unpaired) electrons. The Morgan fingerprint density at radius 2 is 1.97 bits per heavy atom. The molecule has 1 aromatic carbocycles. The van der Waals surface area contributed by atoms with Gasteiger partial charge in [0.25, 0.3) is 5.91 Å². The predicted molar refractivity (Wildman–Crippen MR) is 127 cm³/mol. The van der Waals surface area contributed by atoms with Crippen LogP contribution in [0.4, 0.5) is 4.39 Å². The first-order valence-corrected chi connectivity index (χ1v) is 11.6. The van der Waals surface area contributed by atoms with Crippen LogP contribution in [0.25, 0.3) is 16.9 Å². The first kappa shape index (κ1) is 22.5. The van der Waals surface area contributed by atoms with Crippen molar-refractivity contribution in [1.29, 1.82) is 0 Å². The highest BCUT2D eigenvalue weighted by molar-refractivity contribution is 6.31. The molecule has 1 fully saturated rings. The average molecular weight is 482 g/mol. The fraction of sp³-hybridized carbons (Fsp3) is 0.333. The summed E-state index contributed by atoms with van der Waals surface area (Å²) in [7, 11) is 0. The molecular weight excluding hydrogens is 457 g/mol.